The van der Waals surface area contributed by atoms with Crippen LogP contribution in [0.2, 0.25) is 5.02 Å². The standard InChI is InChI=1S/C18H20ClFN2O3/c19-10-1-3-11(4-2-10)25-9-16(23)21-14-8-15(13-7-12(13)14)22-17(24)18(20)5-6-18/h1-4,12-15H,5-9H2,(H,21,23)(H,22,24)/t12?,13?,14?,15-/m0/s1. The van der Waals surface area contributed by atoms with Gasteiger partial charge in [0, 0.05) is 17.1 Å². The van der Waals surface area contributed by atoms with E-state index in [4.69, 9.17) is 16.3 Å². The number of rotatable bonds is 6. The molecule has 1 aromatic rings. The van der Waals surface area contributed by atoms with E-state index in [2.05, 4.69) is 10.6 Å². The number of carbonyl (C=O) groups excluding carboxylic acids is 2. The number of carbonyl (C=O) groups is 2. The Morgan fingerprint density at radius 1 is 1.12 bits per heavy atom. The molecule has 0 heterocycles. The van der Waals surface area contributed by atoms with Crippen LogP contribution in [0.5, 0.6) is 5.75 Å². The molecule has 3 saturated carbocycles. The molecule has 0 radical (unpaired) electrons. The zero-order valence-electron chi connectivity index (χ0n) is 13.6. The van der Waals surface area contributed by atoms with Crippen molar-refractivity contribution >= 4 is 23.4 Å². The summed E-state index contributed by atoms with van der Waals surface area (Å²) in [7, 11) is 0. The van der Waals surface area contributed by atoms with Crippen molar-refractivity contribution in [2.45, 2.75) is 43.4 Å². The molecule has 25 heavy (non-hydrogen) atoms. The summed E-state index contributed by atoms with van der Waals surface area (Å²) in [5.74, 6) is 0.634. The van der Waals surface area contributed by atoms with E-state index in [0.717, 1.165) is 6.42 Å². The van der Waals surface area contributed by atoms with Gasteiger partial charge in [-0.1, -0.05) is 11.6 Å². The van der Waals surface area contributed by atoms with Crippen LogP contribution in [-0.2, 0) is 9.59 Å². The molecule has 3 unspecified atom stereocenters. The Morgan fingerprint density at radius 2 is 1.76 bits per heavy atom. The summed E-state index contributed by atoms with van der Waals surface area (Å²) < 4.78 is 19.2. The van der Waals surface area contributed by atoms with Gasteiger partial charge in [0.2, 0.25) is 0 Å². The quantitative estimate of drug-likeness (QED) is 0.811. The smallest absolute Gasteiger partial charge is 0.258 e. The predicted octanol–water partition coefficient (Wildman–Crippen LogP) is 2.23. The van der Waals surface area contributed by atoms with Crippen molar-refractivity contribution < 1.29 is 18.7 Å². The maximum Gasteiger partial charge on any atom is 0.258 e. The van der Waals surface area contributed by atoms with E-state index in [1.807, 2.05) is 0 Å². The minimum atomic E-state index is -1.64. The van der Waals surface area contributed by atoms with Gasteiger partial charge in [0.05, 0.1) is 0 Å². The molecular weight excluding hydrogens is 347 g/mol. The highest BCUT2D eigenvalue weighted by Crippen LogP contribution is 2.52. The molecule has 3 fully saturated rings. The van der Waals surface area contributed by atoms with Gasteiger partial charge in [-0.15, -0.1) is 0 Å². The fraction of sp³-hybridized carbons (Fsp3) is 0.556. The molecule has 4 atom stereocenters. The molecule has 0 saturated heterocycles. The molecule has 3 aliphatic rings. The van der Waals surface area contributed by atoms with Gasteiger partial charge in [0.15, 0.2) is 12.3 Å². The van der Waals surface area contributed by atoms with Crippen molar-refractivity contribution in [1.82, 2.24) is 10.6 Å². The van der Waals surface area contributed by atoms with E-state index in [1.54, 1.807) is 24.3 Å². The zero-order valence-corrected chi connectivity index (χ0v) is 14.4. The van der Waals surface area contributed by atoms with Crippen LogP contribution in [0, 0.1) is 11.8 Å². The summed E-state index contributed by atoms with van der Waals surface area (Å²) in [6.45, 7) is -0.0693. The molecular formula is C18H20ClFN2O3. The lowest BCUT2D eigenvalue weighted by molar-refractivity contribution is -0.128. The SMILES string of the molecule is O=C(COc1ccc(Cl)cc1)NC1C[C@H](NC(=O)C2(F)CC2)C2CC12. The number of hydrogen-bond donors (Lipinski definition) is 2. The molecule has 4 rings (SSSR count). The first-order valence-electron chi connectivity index (χ1n) is 8.62. The van der Waals surface area contributed by atoms with Gasteiger partial charge in [0.1, 0.15) is 5.75 Å². The Morgan fingerprint density at radius 3 is 2.40 bits per heavy atom. The molecule has 5 nitrogen and oxygen atoms in total. The molecule has 2 N–H and O–H groups in total. The van der Waals surface area contributed by atoms with Crippen molar-refractivity contribution in [3.63, 3.8) is 0 Å². The van der Waals surface area contributed by atoms with Crippen molar-refractivity contribution in [2.24, 2.45) is 11.8 Å². The Labute approximate surface area is 150 Å². The molecule has 0 spiro atoms. The van der Waals surface area contributed by atoms with Crippen LogP contribution >= 0.6 is 11.6 Å². The number of benzene rings is 1. The van der Waals surface area contributed by atoms with E-state index < -0.39 is 11.6 Å². The minimum Gasteiger partial charge on any atom is -0.484 e. The van der Waals surface area contributed by atoms with Gasteiger partial charge in [-0.25, -0.2) is 4.39 Å². The number of ether oxygens (including phenoxy) is 1. The topological polar surface area (TPSA) is 67.4 Å². The number of fused-ring (bicyclic) bond motifs is 1. The van der Waals surface area contributed by atoms with Crippen LogP contribution in [-0.4, -0.2) is 36.2 Å². The fourth-order valence-electron chi connectivity index (χ4n) is 3.68. The summed E-state index contributed by atoms with van der Waals surface area (Å²) in [5, 5.41) is 6.41. The molecule has 2 amide bonds. The van der Waals surface area contributed by atoms with E-state index >= 15 is 0 Å². The van der Waals surface area contributed by atoms with Gasteiger partial charge in [0.25, 0.3) is 11.8 Å². The zero-order chi connectivity index (χ0) is 17.6. The largest absolute Gasteiger partial charge is 0.484 e. The van der Waals surface area contributed by atoms with Crippen LogP contribution < -0.4 is 15.4 Å². The Balaban J connectivity index is 1.24. The molecule has 0 bridgehead atoms. The lowest BCUT2D eigenvalue weighted by atomic mass is 10.1. The average Bonchev–Trinajstić information content (AvgIpc) is 3.49. The highest BCUT2D eigenvalue weighted by atomic mass is 35.5. The lowest BCUT2D eigenvalue weighted by Crippen LogP contribution is -2.44. The van der Waals surface area contributed by atoms with Crippen LogP contribution in [0.4, 0.5) is 4.39 Å². The maximum absolute atomic E-state index is 13.8. The van der Waals surface area contributed by atoms with Gasteiger partial charge in [-0.05, 0) is 61.8 Å². The number of nitrogens with one attached hydrogen (secondary N) is 2. The van der Waals surface area contributed by atoms with Crippen LogP contribution in [0.1, 0.15) is 25.7 Å². The highest BCUT2D eigenvalue weighted by molar-refractivity contribution is 6.30. The van der Waals surface area contributed by atoms with Crippen molar-refractivity contribution in [3.05, 3.63) is 29.3 Å². The Bertz CT molecular complexity index is 692. The van der Waals surface area contributed by atoms with Gasteiger partial charge in [-0.2, -0.15) is 0 Å². The second kappa shape index (κ2) is 6.16. The third-order valence-electron chi connectivity index (χ3n) is 5.38. The van der Waals surface area contributed by atoms with Gasteiger partial charge < -0.3 is 15.4 Å². The van der Waals surface area contributed by atoms with Crippen molar-refractivity contribution in [3.8, 4) is 5.75 Å². The molecule has 7 heteroatoms. The molecule has 3 aliphatic carbocycles. The molecule has 1 aromatic carbocycles. The van der Waals surface area contributed by atoms with Crippen molar-refractivity contribution in [2.75, 3.05) is 6.61 Å². The summed E-state index contributed by atoms with van der Waals surface area (Å²) in [4.78, 5) is 23.9. The number of alkyl halides is 1. The maximum atomic E-state index is 13.8. The van der Waals surface area contributed by atoms with Gasteiger partial charge in [-0.3, -0.25) is 9.59 Å². The Hall–Kier alpha value is -1.82. The average molecular weight is 367 g/mol. The third kappa shape index (κ3) is 3.59. The first kappa shape index (κ1) is 16.6. The first-order chi connectivity index (χ1) is 11.9. The van der Waals surface area contributed by atoms with E-state index in [0.29, 0.717) is 41.9 Å². The predicted molar refractivity (Wildman–Crippen MR) is 90.1 cm³/mol. The fourth-order valence-corrected chi connectivity index (χ4v) is 3.80. The second-order valence-electron chi connectivity index (χ2n) is 7.26. The van der Waals surface area contributed by atoms with Crippen LogP contribution in [0.15, 0.2) is 24.3 Å². The monoisotopic (exact) mass is 366 g/mol. The Kier molecular flexibility index (Phi) is 4.10. The summed E-state index contributed by atoms with van der Waals surface area (Å²) in [5.41, 5.74) is -1.64. The van der Waals surface area contributed by atoms with E-state index in [9.17, 15) is 14.0 Å². The molecule has 0 aromatic heterocycles. The molecule has 134 valence electrons. The van der Waals surface area contributed by atoms with Crippen LogP contribution in [0.25, 0.3) is 0 Å². The summed E-state index contributed by atoms with van der Waals surface area (Å²) >= 11 is 5.80. The second-order valence-corrected chi connectivity index (χ2v) is 7.70. The van der Waals surface area contributed by atoms with E-state index in [-0.39, 0.29) is 24.6 Å². The minimum absolute atomic E-state index is 0.0198. The first-order valence-corrected chi connectivity index (χ1v) is 9.00. The number of hydrogen-bond acceptors (Lipinski definition) is 3. The van der Waals surface area contributed by atoms with Crippen LogP contribution in [0.3, 0.4) is 0 Å². The highest BCUT2D eigenvalue weighted by Gasteiger charge is 2.57. The van der Waals surface area contributed by atoms with Gasteiger partial charge >= 0.3 is 0 Å². The van der Waals surface area contributed by atoms with Crippen molar-refractivity contribution in [1.29, 1.82) is 0 Å². The summed E-state index contributed by atoms with van der Waals surface area (Å²) in [6.07, 6.45) is 2.26. The normalized spacial score (nSPS) is 31.0. The number of amides is 2. The van der Waals surface area contributed by atoms with E-state index in [1.165, 1.54) is 0 Å². The summed E-state index contributed by atoms with van der Waals surface area (Å²) in [6, 6.07) is 6.80. The lowest BCUT2D eigenvalue weighted by Gasteiger charge is -2.19. The number of halogens is 2. The molecule has 0 aliphatic heterocycles. The third-order valence-corrected chi connectivity index (χ3v) is 5.63.